The first kappa shape index (κ1) is 10.0. The summed E-state index contributed by atoms with van der Waals surface area (Å²) in [4.78, 5) is 11.7. The molecule has 0 aliphatic carbocycles. The number of nitrogens with one attached hydrogen (secondary N) is 1. The number of halogens is 1. The van der Waals surface area contributed by atoms with Gasteiger partial charge in [-0.15, -0.1) is 0 Å². The van der Waals surface area contributed by atoms with Crippen LogP contribution in [0.4, 0.5) is 4.39 Å². The molecule has 2 aromatic carbocycles. The van der Waals surface area contributed by atoms with Gasteiger partial charge in [-0.1, -0.05) is 30.3 Å². The number of benzene rings is 2. The van der Waals surface area contributed by atoms with Gasteiger partial charge >= 0.3 is 0 Å². The van der Waals surface area contributed by atoms with Crippen molar-refractivity contribution in [2.75, 3.05) is 0 Å². The van der Waals surface area contributed by atoms with E-state index in [4.69, 9.17) is 0 Å². The number of amides is 1. The van der Waals surface area contributed by atoms with Crippen LogP contribution in [0.15, 0.2) is 48.5 Å². The van der Waals surface area contributed by atoms with E-state index in [0.717, 1.165) is 5.56 Å². The zero-order valence-electron chi connectivity index (χ0n) is 8.98. The average molecular weight is 227 g/mol. The first-order valence-electron chi connectivity index (χ1n) is 5.41. The minimum Gasteiger partial charge on any atom is -0.341 e. The van der Waals surface area contributed by atoms with E-state index < -0.39 is 0 Å². The Morgan fingerprint density at radius 1 is 1.06 bits per heavy atom. The van der Waals surface area contributed by atoms with Crippen molar-refractivity contribution in [2.24, 2.45) is 0 Å². The maximum Gasteiger partial charge on any atom is 0.252 e. The molecule has 2 nitrogen and oxygen atoms in total. The number of hydrogen-bond donors (Lipinski definition) is 1. The van der Waals surface area contributed by atoms with Gasteiger partial charge in [-0.3, -0.25) is 4.79 Å². The van der Waals surface area contributed by atoms with Crippen LogP contribution in [0.2, 0.25) is 0 Å². The molecule has 0 aromatic heterocycles. The van der Waals surface area contributed by atoms with Crippen molar-refractivity contribution < 1.29 is 9.18 Å². The molecular weight excluding hydrogens is 217 g/mol. The quantitative estimate of drug-likeness (QED) is 0.797. The molecule has 1 unspecified atom stereocenters. The van der Waals surface area contributed by atoms with Gasteiger partial charge < -0.3 is 5.32 Å². The fourth-order valence-corrected chi connectivity index (χ4v) is 2.17. The van der Waals surface area contributed by atoms with Gasteiger partial charge in [0.05, 0.1) is 6.04 Å². The van der Waals surface area contributed by atoms with Crippen LogP contribution in [0.1, 0.15) is 27.5 Å². The summed E-state index contributed by atoms with van der Waals surface area (Å²) < 4.78 is 13.2. The highest BCUT2D eigenvalue weighted by Crippen LogP contribution is 2.31. The normalized spacial score (nSPS) is 17.7. The Labute approximate surface area is 98.1 Å². The minimum absolute atomic E-state index is 0.145. The minimum atomic E-state index is -0.318. The lowest BCUT2D eigenvalue weighted by Gasteiger charge is -2.11. The van der Waals surface area contributed by atoms with Crippen LogP contribution in [-0.4, -0.2) is 5.91 Å². The molecule has 0 fully saturated rings. The fourth-order valence-electron chi connectivity index (χ4n) is 2.17. The van der Waals surface area contributed by atoms with E-state index in [1.165, 1.54) is 18.2 Å². The van der Waals surface area contributed by atoms with Crippen LogP contribution in [-0.2, 0) is 0 Å². The van der Waals surface area contributed by atoms with Gasteiger partial charge in [0.2, 0.25) is 0 Å². The first-order chi connectivity index (χ1) is 8.25. The topological polar surface area (TPSA) is 29.1 Å². The summed E-state index contributed by atoms with van der Waals surface area (Å²) in [5, 5.41) is 2.86. The molecule has 3 rings (SSSR count). The van der Waals surface area contributed by atoms with Crippen LogP contribution >= 0.6 is 0 Å². The van der Waals surface area contributed by atoms with Crippen LogP contribution in [0.3, 0.4) is 0 Å². The van der Waals surface area contributed by atoms with E-state index in [0.29, 0.717) is 11.1 Å². The van der Waals surface area contributed by atoms with Gasteiger partial charge in [0.1, 0.15) is 5.82 Å². The maximum absolute atomic E-state index is 13.2. The van der Waals surface area contributed by atoms with Crippen molar-refractivity contribution in [3.05, 3.63) is 71.0 Å². The van der Waals surface area contributed by atoms with E-state index in [1.54, 1.807) is 0 Å². The third kappa shape index (κ3) is 1.60. The monoisotopic (exact) mass is 227 g/mol. The van der Waals surface area contributed by atoms with Crippen LogP contribution in [0, 0.1) is 5.82 Å². The highest BCUT2D eigenvalue weighted by Gasteiger charge is 2.29. The van der Waals surface area contributed by atoms with E-state index in [9.17, 15) is 9.18 Å². The predicted molar refractivity (Wildman–Crippen MR) is 62.2 cm³/mol. The van der Waals surface area contributed by atoms with Crippen molar-refractivity contribution in [3.8, 4) is 0 Å². The number of carbonyl (C=O) groups is 1. The van der Waals surface area contributed by atoms with Crippen LogP contribution < -0.4 is 5.32 Å². The first-order valence-corrected chi connectivity index (χ1v) is 5.41. The molecule has 1 amide bonds. The van der Waals surface area contributed by atoms with Gasteiger partial charge in [-0.05, 0) is 29.3 Å². The Kier molecular flexibility index (Phi) is 2.18. The van der Waals surface area contributed by atoms with Gasteiger partial charge in [-0.25, -0.2) is 4.39 Å². The lowest BCUT2D eigenvalue weighted by molar-refractivity contribution is 0.0960. The molecule has 0 spiro atoms. The zero-order valence-corrected chi connectivity index (χ0v) is 8.98. The maximum atomic E-state index is 13.2. The molecule has 1 heterocycles. The van der Waals surface area contributed by atoms with Crippen LogP contribution in [0.5, 0.6) is 0 Å². The fraction of sp³-hybridized carbons (Fsp3) is 0.0714. The zero-order chi connectivity index (χ0) is 11.8. The summed E-state index contributed by atoms with van der Waals surface area (Å²) in [6.45, 7) is 0. The van der Waals surface area contributed by atoms with Crippen molar-refractivity contribution in [3.63, 3.8) is 0 Å². The largest absolute Gasteiger partial charge is 0.341 e. The van der Waals surface area contributed by atoms with Crippen molar-refractivity contribution in [1.29, 1.82) is 0 Å². The molecule has 1 aliphatic rings. The van der Waals surface area contributed by atoms with E-state index in [1.807, 2.05) is 30.3 Å². The summed E-state index contributed by atoms with van der Waals surface area (Å²) in [7, 11) is 0. The Balaban J connectivity index is 2.13. The number of fused-ring (bicyclic) bond motifs is 1. The Hall–Kier alpha value is -2.16. The SMILES string of the molecule is O=C1NC(c2ccccc2)c2cc(F)ccc21. The van der Waals surface area contributed by atoms with Crippen molar-refractivity contribution in [2.45, 2.75) is 6.04 Å². The molecule has 2 aromatic rings. The number of rotatable bonds is 1. The third-order valence-corrected chi connectivity index (χ3v) is 2.98. The second kappa shape index (κ2) is 3.70. The summed E-state index contributed by atoms with van der Waals surface area (Å²) in [6, 6.07) is 13.6. The second-order valence-corrected chi connectivity index (χ2v) is 4.05. The molecule has 3 heteroatoms. The molecule has 84 valence electrons. The molecule has 0 saturated heterocycles. The Morgan fingerprint density at radius 2 is 1.82 bits per heavy atom. The highest BCUT2D eigenvalue weighted by atomic mass is 19.1. The van der Waals surface area contributed by atoms with Crippen LogP contribution in [0.25, 0.3) is 0 Å². The van der Waals surface area contributed by atoms with Gasteiger partial charge in [-0.2, -0.15) is 0 Å². The lowest BCUT2D eigenvalue weighted by atomic mass is 9.98. The molecular formula is C14H10FNO. The molecule has 1 aliphatic heterocycles. The second-order valence-electron chi connectivity index (χ2n) is 4.05. The smallest absolute Gasteiger partial charge is 0.252 e. The van der Waals surface area contributed by atoms with Gasteiger partial charge in [0.15, 0.2) is 0 Å². The molecule has 0 bridgehead atoms. The van der Waals surface area contributed by atoms with E-state index in [2.05, 4.69) is 5.32 Å². The third-order valence-electron chi connectivity index (χ3n) is 2.98. The molecule has 0 saturated carbocycles. The highest BCUT2D eigenvalue weighted by molar-refractivity contribution is 5.99. The number of hydrogen-bond acceptors (Lipinski definition) is 1. The molecule has 0 radical (unpaired) electrons. The van der Waals surface area contributed by atoms with E-state index in [-0.39, 0.29) is 17.8 Å². The van der Waals surface area contributed by atoms with Gasteiger partial charge in [0, 0.05) is 5.56 Å². The molecule has 17 heavy (non-hydrogen) atoms. The lowest BCUT2D eigenvalue weighted by Crippen LogP contribution is -2.19. The molecule has 1 N–H and O–H groups in total. The summed E-state index contributed by atoms with van der Waals surface area (Å²) in [5.74, 6) is -0.463. The van der Waals surface area contributed by atoms with Crippen molar-refractivity contribution in [1.82, 2.24) is 5.32 Å². The summed E-state index contributed by atoms with van der Waals surface area (Å²) in [5.41, 5.74) is 2.23. The summed E-state index contributed by atoms with van der Waals surface area (Å²) >= 11 is 0. The summed E-state index contributed by atoms with van der Waals surface area (Å²) in [6.07, 6.45) is 0. The Bertz CT molecular complexity index is 580. The number of carbonyl (C=O) groups excluding carboxylic acids is 1. The molecule has 1 atom stereocenters. The Morgan fingerprint density at radius 3 is 2.59 bits per heavy atom. The predicted octanol–water partition coefficient (Wildman–Crippen LogP) is 2.66. The average Bonchev–Trinajstić information content (AvgIpc) is 2.67. The van der Waals surface area contributed by atoms with E-state index >= 15 is 0 Å². The van der Waals surface area contributed by atoms with Crippen molar-refractivity contribution >= 4 is 5.91 Å². The standard InChI is InChI=1S/C14H10FNO/c15-10-6-7-11-12(8-10)13(16-14(11)17)9-4-2-1-3-5-9/h1-8,13H,(H,16,17). The van der Waals surface area contributed by atoms with Gasteiger partial charge in [0.25, 0.3) is 5.91 Å².